The molecule has 6 N–H and O–H groups in total. The van der Waals surface area contributed by atoms with Crippen LogP contribution < -0.4 is 17.0 Å². The number of aryl methyl sites for hydroxylation is 1. The molecule has 0 saturated carbocycles. The van der Waals surface area contributed by atoms with E-state index in [-0.39, 0.29) is 11.4 Å². The van der Waals surface area contributed by atoms with Gasteiger partial charge in [0.25, 0.3) is 0 Å². The predicted octanol–water partition coefficient (Wildman–Crippen LogP) is 1.24. The van der Waals surface area contributed by atoms with Crippen LogP contribution in [0.1, 0.15) is 25.1 Å². The van der Waals surface area contributed by atoms with E-state index in [1.165, 1.54) is 6.20 Å². The van der Waals surface area contributed by atoms with Gasteiger partial charge in [0, 0.05) is 6.20 Å². The number of aromatic nitrogens is 1. The number of carbonyl (C=O) groups is 1. The quantitative estimate of drug-likeness (QED) is 0.374. The first kappa shape index (κ1) is 16.2. The lowest BCUT2D eigenvalue weighted by molar-refractivity contribution is -0.133. The number of pyridine rings is 1. The molecular weight excluding hydrogens is 256 g/mol. The molecule has 0 amide bonds. The molecule has 0 aliphatic heterocycles. The van der Waals surface area contributed by atoms with Crippen molar-refractivity contribution >= 4 is 23.3 Å². The van der Waals surface area contributed by atoms with E-state index in [9.17, 15) is 4.79 Å². The summed E-state index contributed by atoms with van der Waals surface area (Å²) in [6, 6.07) is 1.58. The molecule has 0 aliphatic rings. The molecule has 0 aromatic carbocycles. The number of halogens is 1. The number of carboxylic acid groups (broad SMARTS) is 1. The van der Waals surface area contributed by atoms with Crippen molar-refractivity contribution in [1.82, 2.24) is 10.4 Å². The molecule has 0 radical (unpaired) electrons. The van der Waals surface area contributed by atoms with Gasteiger partial charge >= 0.3 is 5.97 Å². The van der Waals surface area contributed by atoms with E-state index in [0.717, 1.165) is 5.56 Å². The van der Waals surface area contributed by atoms with Gasteiger partial charge in [-0.2, -0.15) is 0 Å². The number of nitrogens with one attached hydrogen (secondary N) is 1. The van der Waals surface area contributed by atoms with E-state index < -0.39 is 5.97 Å². The maximum absolute atomic E-state index is 10.8. The third-order valence-electron chi connectivity index (χ3n) is 1.95. The van der Waals surface area contributed by atoms with E-state index in [0.29, 0.717) is 10.7 Å². The Morgan fingerprint density at radius 1 is 1.50 bits per heavy atom. The summed E-state index contributed by atoms with van der Waals surface area (Å²) in [7, 11) is 0. The molecule has 0 saturated heterocycles. The van der Waals surface area contributed by atoms with Crippen molar-refractivity contribution in [3.63, 3.8) is 0 Å². The summed E-state index contributed by atoms with van der Waals surface area (Å²) in [6.45, 7) is 5.76. The minimum absolute atomic E-state index is 0.0465. The van der Waals surface area contributed by atoms with Gasteiger partial charge in [-0.1, -0.05) is 25.4 Å². The second-order valence-electron chi connectivity index (χ2n) is 3.06. The predicted molar refractivity (Wildman–Crippen MR) is 71.4 cm³/mol. The number of nitrogens with two attached hydrogens (primary N) is 2. The summed E-state index contributed by atoms with van der Waals surface area (Å²) in [6.07, 6.45) is 1.40. The van der Waals surface area contributed by atoms with E-state index in [2.05, 4.69) is 4.98 Å². The average molecular weight is 273 g/mol. The topological polar surface area (TPSA) is 114 Å². The largest absolute Gasteiger partial charge is 0.476 e. The SMILES string of the molecule is CC.Cc1cc(/C(N)=C(/NN)C(=O)O)ncc1Cl. The van der Waals surface area contributed by atoms with Crippen LogP contribution in [0.25, 0.3) is 5.70 Å². The summed E-state index contributed by atoms with van der Waals surface area (Å²) < 4.78 is 0. The van der Waals surface area contributed by atoms with Crippen molar-refractivity contribution < 1.29 is 9.90 Å². The molecule has 0 bridgehead atoms. The van der Waals surface area contributed by atoms with Gasteiger partial charge in [0.15, 0.2) is 5.70 Å². The number of rotatable bonds is 3. The Labute approximate surface area is 111 Å². The molecule has 0 atom stereocenters. The minimum atomic E-state index is -1.26. The maximum atomic E-state index is 10.8. The van der Waals surface area contributed by atoms with Gasteiger partial charge in [-0.05, 0) is 18.6 Å². The molecule has 18 heavy (non-hydrogen) atoms. The van der Waals surface area contributed by atoms with E-state index >= 15 is 0 Å². The number of nitrogens with zero attached hydrogens (tertiary/aromatic N) is 1. The Hall–Kier alpha value is -1.79. The van der Waals surface area contributed by atoms with Crippen molar-refractivity contribution in [1.29, 1.82) is 0 Å². The zero-order valence-electron chi connectivity index (χ0n) is 10.5. The van der Waals surface area contributed by atoms with Crippen LogP contribution in [0, 0.1) is 6.92 Å². The van der Waals surface area contributed by atoms with Crippen LogP contribution in [0.5, 0.6) is 0 Å². The molecule has 0 spiro atoms. The highest BCUT2D eigenvalue weighted by Gasteiger charge is 2.13. The van der Waals surface area contributed by atoms with Crippen LogP contribution in [0.3, 0.4) is 0 Å². The second-order valence-corrected chi connectivity index (χ2v) is 3.46. The van der Waals surface area contributed by atoms with Crippen LogP contribution >= 0.6 is 11.6 Å². The molecule has 0 unspecified atom stereocenters. The fraction of sp³-hybridized carbons (Fsp3) is 0.273. The lowest BCUT2D eigenvalue weighted by atomic mass is 10.2. The zero-order chi connectivity index (χ0) is 14.3. The average Bonchev–Trinajstić information content (AvgIpc) is 2.35. The van der Waals surface area contributed by atoms with Gasteiger partial charge in [-0.3, -0.25) is 10.8 Å². The third kappa shape index (κ3) is 3.90. The van der Waals surface area contributed by atoms with E-state index in [1.807, 2.05) is 19.3 Å². The molecule has 0 aliphatic carbocycles. The van der Waals surface area contributed by atoms with Crippen molar-refractivity contribution in [3.8, 4) is 0 Å². The smallest absolute Gasteiger partial charge is 0.355 e. The summed E-state index contributed by atoms with van der Waals surface area (Å²) in [4.78, 5) is 14.7. The number of hydrogen-bond acceptors (Lipinski definition) is 5. The van der Waals surface area contributed by atoms with Crippen LogP contribution in [-0.4, -0.2) is 16.1 Å². The molecule has 1 heterocycles. The highest BCUT2D eigenvalue weighted by atomic mass is 35.5. The van der Waals surface area contributed by atoms with Crippen LogP contribution in [0.15, 0.2) is 18.0 Å². The van der Waals surface area contributed by atoms with Gasteiger partial charge in [0.05, 0.1) is 16.4 Å². The first-order valence-electron chi connectivity index (χ1n) is 5.29. The van der Waals surface area contributed by atoms with Gasteiger partial charge in [-0.15, -0.1) is 0 Å². The number of hydrogen-bond donors (Lipinski definition) is 4. The highest BCUT2D eigenvalue weighted by Crippen LogP contribution is 2.17. The summed E-state index contributed by atoms with van der Waals surface area (Å²) in [5.74, 6) is 3.80. The first-order chi connectivity index (χ1) is 8.47. The molecular formula is C11H17ClN4O2. The normalized spacial score (nSPS) is 10.9. The molecule has 1 rings (SSSR count). The molecule has 7 heteroatoms. The molecule has 0 fully saturated rings. The van der Waals surface area contributed by atoms with Gasteiger partial charge in [-0.25, -0.2) is 4.79 Å². The Bertz CT molecular complexity index is 460. The monoisotopic (exact) mass is 272 g/mol. The fourth-order valence-electron chi connectivity index (χ4n) is 1.07. The lowest BCUT2D eigenvalue weighted by Gasteiger charge is -2.07. The Kier molecular flexibility index (Phi) is 6.77. The summed E-state index contributed by atoms with van der Waals surface area (Å²) >= 11 is 5.79. The Morgan fingerprint density at radius 2 is 2.06 bits per heavy atom. The lowest BCUT2D eigenvalue weighted by Crippen LogP contribution is -2.29. The standard InChI is InChI=1S/C9H11ClN4O2.C2H6/c1-4-2-6(13-3-5(4)10)7(11)8(14-12)9(15)16;1-2/h2-3,14H,11-12H2,1H3,(H,15,16);1-2H3/b8-7-;. The highest BCUT2D eigenvalue weighted by molar-refractivity contribution is 6.31. The number of carboxylic acids is 1. The molecule has 100 valence electrons. The second kappa shape index (κ2) is 7.52. The number of aliphatic carboxylic acids is 1. The van der Waals surface area contributed by atoms with Crippen LogP contribution in [0.4, 0.5) is 0 Å². The van der Waals surface area contributed by atoms with Crippen LogP contribution in [0.2, 0.25) is 5.02 Å². The van der Waals surface area contributed by atoms with Crippen molar-refractivity contribution in [3.05, 3.63) is 34.2 Å². The Balaban J connectivity index is 0.00000137. The summed E-state index contributed by atoms with van der Waals surface area (Å²) in [5.41, 5.74) is 8.33. The van der Waals surface area contributed by atoms with Gasteiger partial charge in [0.2, 0.25) is 0 Å². The van der Waals surface area contributed by atoms with Gasteiger partial charge < -0.3 is 16.3 Å². The van der Waals surface area contributed by atoms with Crippen LogP contribution in [-0.2, 0) is 4.79 Å². The zero-order valence-corrected chi connectivity index (χ0v) is 11.2. The molecule has 6 nitrogen and oxygen atoms in total. The summed E-state index contributed by atoms with van der Waals surface area (Å²) in [5, 5.41) is 9.28. The van der Waals surface area contributed by atoms with Crippen molar-refractivity contribution in [2.24, 2.45) is 11.6 Å². The fourth-order valence-corrected chi connectivity index (χ4v) is 1.17. The van der Waals surface area contributed by atoms with E-state index in [1.54, 1.807) is 13.0 Å². The third-order valence-corrected chi connectivity index (χ3v) is 2.35. The molecule has 1 aromatic rings. The van der Waals surface area contributed by atoms with E-state index in [4.69, 9.17) is 28.3 Å². The minimum Gasteiger partial charge on any atom is -0.476 e. The van der Waals surface area contributed by atoms with Crippen molar-refractivity contribution in [2.45, 2.75) is 20.8 Å². The number of hydrazine groups is 1. The van der Waals surface area contributed by atoms with Crippen molar-refractivity contribution in [2.75, 3.05) is 0 Å². The van der Waals surface area contributed by atoms with Gasteiger partial charge in [0.1, 0.15) is 0 Å². The first-order valence-corrected chi connectivity index (χ1v) is 5.67. The Morgan fingerprint density at radius 3 is 2.44 bits per heavy atom. The maximum Gasteiger partial charge on any atom is 0.355 e. The molecule has 1 aromatic heterocycles.